The van der Waals surface area contributed by atoms with Crippen LogP contribution in [0.1, 0.15) is 48.6 Å². The molecule has 1 atom stereocenters. The van der Waals surface area contributed by atoms with E-state index in [2.05, 4.69) is 55.9 Å². The lowest BCUT2D eigenvalue weighted by Gasteiger charge is -2.21. The van der Waals surface area contributed by atoms with Crippen molar-refractivity contribution in [1.29, 1.82) is 0 Å². The molecule has 7 heteroatoms. The number of ether oxygens (including phenoxy) is 1. The van der Waals surface area contributed by atoms with Crippen LogP contribution >= 0.6 is 35.3 Å². The van der Waals surface area contributed by atoms with Gasteiger partial charge in [-0.2, -0.15) is 0 Å². The van der Waals surface area contributed by atoms with E-state index < -0.39 is 0 Å². The SMILES string of the molecule is CN=C(NCCCCCc1ccccc1)N(C)Cc1csc(C(C)OC)n1.I. The third-order valence-electron chi connectivity index (χ3n) is 4.51. The molecule has 0 saturated carbocycles. The van der Waals surface area contributed by atoms with E-state index in [0.717, 1.165) is 42.6 Å². The van der Waals surface area contributed by atoms with E-state index in [4.69, 9.17) is 4.74 Å². The number of benzene rings is 1. The minimum absolute atomic E-state index is 0. The molecule has 28 heavy (non-hydrogen) atoms. The quantitative estimate of drug-likeness (QED) is 0.212. The molecule has 2 aromatic rings. The van der Waals surface area contributed by atoms with Gasteiger partial charge in [0.2, 0.25) is 0 Å². The van der Waals surface area contributed by atoms with Crippen LogP contribution in [-0.2, 0) is 17.7 Å². The number of halogens is 1. The number of aryl methyl sites for hydroxylation is 1. The second-order valence-corrected chi connectivity index (χ2v) is 7.57. The molecule has 2 rings (SSSR count). The normalized spacial score (nSPS) is 12.4. The Bertz CT molecular complexity index is 693. The zero-order chi connectivity index (χ0) is 19.5. The van der Waals surface area contributed by atoms with Gasteiger partial charge in [-0.1, -0.05) is 36.8 Å². The summed E-state index contributed by atoms with van der Waals surface area (Å²) in [6.07, 6.45) is 4.78. The zero-order valence-electron chi connectivity index (χ0n) is 17.4. The van der Waals surface area contributed by atoms with Crippen molar-refractivity contribution in [2.24, 2.45) is 4.99 Å². The molecule has 0 amide bonds. The smallest absolute Gasteiger partial charge is 0.193 e. The fourth-order valence-corrected chi connectivity index (χ4v) is 3.70. The van der Waals surface area contributed by atoms with E-state index in [9.17, 15) is 0 Å². The van der Waals surface area contributed by atoms with Crippen LogP contribution in [0.4, 0.5) is 0 Å². The third kappa shape index (κ3) is 8.45. The molecule has 1 N–H and O–H groups in total. The second kappa shape index (κ2) is 13.9. The van der Waals surface area contributed by atoms with Gasteiger partial charge in [-0.15, -0.1) is 35.3 Å². The summed E-state index contributed by atoms with van der Waals surface area (Å²) in [5.41, 5.74) is 2.47. The lowest BCUT2D eigenvalue weighted by atomic mass is 10.1. The van der Waals surface area contributed by atoms with Gasteiger partial charge in [0.05, 0.1) is 12.2 Å². The summed E-state index contributed by atoms with van der Waals surface area (Å²) in [5.74, 6) is 0.910. The number of unbranched alkanes of at least 4 members (excludes halogenated alkanes) is 2. The van der Waals surface area contributed by atoms with Crippen LogP contribution in [0.5, 0.6) is 0 Å². The summed E-state index contributed by atoms with van der Waals surface area (Å²) in [4.78, 5) is 11.2. The van der Waals surface area contributed by atoms with Gasteiger partial charge in [0.25, 0.3) is 0 Å². The summed E-state index contributed by atoms with van der Waals surface area (Å²) in [6, 6.07) is 10.7. The molecule has 1 unspecified atom stereocenters. The Morgan fingerprint density at radius 1 is 1.25 bits per heavy atom. The van der Waals surface area contributed by atoms with Crippen molar-refractivity contribution < 1.29 is 4.74 Å². The molecule has 0 bridgehead atoms. The maximum absolute atomic E-state index is 5.33. The van der Waals surface area contributed by atoms with Crippen molar-refractivity contribution >= 4 is 41.3 Å². The van der Waals surface area contributed by atoms with Crippen molar-refractivity contribution in [3.05, 3.63) is 52.0 Å². The molecule has 1 aromatic heterocycles. The molecule has 0 saturated heterocycles. The summed E-state index contributed by atoms with van der Waals surface area (Å²) in [5, 5.41) is 6.57. The summed E-state index contributed by atoms with van der Waals surface area (Å²) in [7, 11) is 5.58. The molecule has 0 radical (unpaired) electrons. The van der Waals surface area contributed by atoms with Crippen molar-refractivity contribution in [3.8, 4) is 0 Å². The Labute approximate surface area is 190 Å². The van der Waals surface area contributed by atoms with Gasteiger partial charge in [0, 0.05) is 33.1 Å². The first-order chi connectivity index (χ1) is 13.1. The fraction of sp³-hybridized carbons (Fsp3) is 0.524. The van der Waals surface area contributed by atoms with E-state index in [0.29, 0.717) is 0 Å². The number of hydrogen-bond donors (Lipinski definition) is 1. The van der Waals surface area contributed by atoms with Crippen LogP contribution in [0.25, 0.3) is 0 Å². The number of rotatable bonds is 10. The Morgan fingerprint density at radius 2 is 2.00 bits per heavy atom. The maximum Gasteiger partial charge on any atom is 0.193 e. The minimum Gasteiger partial charge on any atom is -0.375 e. The Kier molecular flexibility index (Phi) is 12.3. The number of nitrogens with zero attached hydrogens (tertiary/aromatic N) is 3. The number of nitrogens with one attached hydrogen (secondary N) is 1. The second-order valence-electron chi connectivity index (χ2n) is 6.68. The Hall–Kier alpha value is -1.19. The van der Waals surface area contributed by atoms with Crippen LogP contribution < -0.4 is 5.32 Å². The third-order valence-corrected chi connectivity index (χ3v) is 5.57. The molecule has 5 nitrogen and oxygen atoms in total. The molecule has 0 aliphatic heterocycles. The molecular formula is C21H33IN4OS. The first-order valence-electron chi connectivity index (χ1n) is 9.56. The number of guanidine groups is 1. The van der Waals surface area contributed by atoms with Crippen molar-refractivity contribution in [1.82, 2.24) is 15.2 Å². The molecule has 1 heterocycles. The highest BCUT2D eigenvalue weighted by Gasteiger charge is 2.12. The molecule has 1 aromatic carbocycles. The van der Waals surface area contributed by atoms with Crippen LogP contribution in [-0.4, -0.2) is 43.6 Å². The predicted molar refractivity (Wildman–Crippen MR) is 130 cm³/mol. The number of methoxy groups -OCH3 is 1. The largest absolute Gasteiger partial charge is 0.375 e. The van der Waals surface area contributed by atoms with Crippen LogP contribution in [0, 0.1) is 0 Å². The standard InChI is InChI=1S/C21H32N4OS.HI/c1-17(26-4)20-24-19(16-27-20)15-25(3)21(22-2)23-14-10-6-9-13-18-11-7-5-8-12-18;/h5,7-8,11-12,16-17H,6,9-10,13-15H2,1-4H3,(H,22,23);1H. The molecule has 0 spiro atoms. The summed E-state index contributed by atoms with van der Waals surface area (Å²) >= 11 is 1.65. The molecular weight excluding hydrogens is 483 g/mol. The monoisotopic (exact) mass is 516 g/mol. The van der Waals surface area contributed by atoms with Crippen molar-refractivity contribution in [3.63, 3.8) is 0 Å². The Balaban J connectivity index is 0.00000392. The Morgan fingerprint density at radius 3 is 2.68 bits per heavy atom. The topological polar surface area (TPSA) is 49.8 Å². The van der Waals surface area contributed by atoms with E-state index in [1.165, 1.54) is 18.4 Å². The highest BCUT2D eigenvalue weighted by atomic mass is 127. The zero-order valence-corrected chi connectivity index (χ0v) is 20.5. The van der Waals surface area contributed by atoms with Gasteiger partial charge in [-0.05, 0) is 31.7 Å². The summed E-state index contributed by atoms with van der Waals surface area (Å²) in [6.45, 7) is 3.69. The van der Waals surface area contributed by atoms with Gasteiger partial charge in [-0.3, -0.25) is 4.99 Å². The van der Waals surface area contributed by atoms with Crippen molar-refractivity contribution in [2.75, 3.05) is 27.7 Å². The molecule has 0 aliphatic rings. The first kappa shape index (κ1) is 24.8. The van der Waals surface area contributed by atoms with Gasteiger partial charge in [0.1, 0.15) is 11.1 Å². The maximum atomic E-state index is 5.33. The van der Waals surface area contributed by atoms with Crippen LogP contribution in [0.2, 0.25) is 0 Å². The minimum atomic E-state index is 0. The van der Waals surface area contributed by atoms with Gasteiger partial charge < -0.3 is 15.0 Å². The lowest BCUT2D eigenvalue weighted by Crippen LogP contribution is -2.38. The highest BCUT2D eigenvalue weighted by Crippen LogP contribution is 2.20. The fourth-order valence-electron chi connectivity index (χ4n) is 2.86. The first-order valence-corrected chi connectivity index (χ1v) is 10.4. The average molecular weight is 516 g/mol. The molecule has 0 aliphatic carbocycles. The summed E-state index contributed by atoms with van der Waals surface area (Å²) < 4.78 is 5.33. The molecule has 156 valence electrons. The number of thiazole rings is 1. The lowest BCUT2D eigenvalue weighted by molar-refractivity contribution is 0.119. The van der Waals surface area contributed by atoms with Gasteiger partial charge in [-0.25, -0.2) is 4.98 Å². The van der Waals surface area contributed by atoms with E-state index >= 15 is 0 Å². The average Bonchev–Trinajstić information content (AvgIpc) is 3.16. The van der Waals surface area contributed by atoms with E-state index in [-0.39, 0.29) is 30.1 Å². The van der Waals surface area contributed by atoms with Crippen molar-refractivity contribution in [2.45, 2.75) is 45.3 Å². The van der Waals surface area contributed by atoms with E-state index in [1.807, 2.05) is 21.0 Å². The highest BCUT2D eigenvalue weighted by molar-refractivity contribution is 14.0. The van der Waals surface area contributed by atoms with Crippen LogP contribution in [0.3, 0.4) is 0 Å². The van der Waals surface area contributed by atoms with Gasteiger partial charge >= 0.3 is 0 Å². The number of hydrogen-bond acceptors (Lipinski definition) is 4. The van der Waals surface area contributed by atoms with E-state index in [1.54, 1.807) is 18.4 Å². The van der Waals surface area contributed by atoms with Gasteiger partial charge in [0.15, 0.2) is 5.96 Å². The molecule has 0 fully saturated rings. The van der Waals surface area contributed by atoms with Crippen LogP contribution in [0.15, 0.2) is 40.7 Å². The number of aliphatic imine (C=N–C) groups is 1. The number of aromatic nitrogens is 1. The predicted octanol–water partition coefficient (Wildman–Crippen LogP) is 4.89.